The Balaban J connectivity index is 1.75. The fourth-order valence-corrected chi connectivity index (χ4v) is 2.22. The Hall–Kier alpha value is -2.34. The first kappa shape index (κ1) is 13.6. The molecule has 6 nitrogen and oxygen atoms in total. The summed E-state index contributed by atoms with van der Waals surface area (Å²) in [7, 11) is 0. The number of rotatable bonds is 4. The van der Waals surface area contributed by atoms with Crippen LogP contribution in [-0.4, -0.2) is 35.3 Å². The van der Waals surface area contributed by atoms with Gasteiger partial charge in [0.15, 0.2) is 0 Å². The number of aromatic nitrogens is 2. The lowest BCUT2D eigenvalue weighted by atomic mass is 10.0. The molecule has 6 heteroatoms. The summed E-state index contributed by atoms with van der Waals surface area (Å²) < 4.78 is 1.37. The molecule has 0 aliphatic carbocycles. The fraction of sp³-hybridized carbons (Fsp3) is 0.333. The van der Waals surface area contributed by atoms with E-state index in [1.807, 2.05) is 31.2 Å². The van der Waals surface area contributed by atoms with Crippen LogP contribution in [0.3, 0.4) is 0 Å². The highest BCUT2D eigenvalue weighted by atomic mass is 16.2. The second kappa shape index (κ2) is 5.57. The molecule has 1 aromatic carbocycles. The highest BCUT2D eigenvalue weighted by Crippen LogP contribution is 2.07. The highest BCUT2D eigenvalue weighted by molar-refractivity contribution is 5.92. The van der Waals surface area contributed by atoms with E-state index in [0.29, 0.717) is 18.2 Å². The van der Waals surface area contributed by atoms with Gasteiger partial charge in [0.2, 0.25) is 0 Å². The van der Waals surface area contributed by atoms with Crippen LogP contribution < -0.4 is 16.2 Å². The van der Waals surface area contributed by atoms with E-state index in [4.69, 9.17) is 0 Å². The van der Waals surface area contributed by atoms with Crippen molar-refractivity contribution in [2.45, 2.75) is 6.92 Å². The Bertz CT molecular complexity index is 695. The van der Waals surface area contributed by atoms with Crippen LogP contribution >= 0.6 is 0 Å². The maximum atomic E-state index is 12.0. The fourth-order valence-electron chi connectivity index (χ4n) is 2.22. The van der Waals surface area contributed by atoms with Crippen molar-refractivity contribution >= 4 is 5.91 Å². The zero-order valence-electron chi connectivity index (χ0n) is 11.8. The number of carbonyl (C=O) groups is 1. The Kier molecular flexibility index (Phi) is 3.62. The molecule has 2 aromatic rings. The summed E-state index contributed by atoms with van der Waals surface area (Å²) in [4.78, 5) is 24.0. The van der Waals surface area contributed by atoms with Crippen LogP contribution in [0.15, 0.2) is 35.1 Å². The molecule has 110 valence electrons. The Morgan fingerprint density at radius 2 is 2.05 bits per heavy atom. The molecule has 0 saturated carbocycles. The minimum Gasteiger partial charge on any atom is -0.350 e. The third-order valence-corrected chi connectivity index (χ3v) is 3.67. The Morgan fingerprint density at radius 1 is 1.33 bits per heavy atom. The topological polar surface area (TPSA) is 78.9 Å². The number of nitrogens with one attached hydrogen (secondary N) is 3. The van der Waals surface area contributed by atoms with Gasteiger partial charge in [0.25, 0.3) is 11.5 Å². The molecular formula is C15H18N4O2. The van der Waals surface area contributed by atoms with E-state index in [1.165, 1.54) is 10.7 Å². The standard InChI is InChI=1S/C15H18N4O2/c1-10-2-4-12(5-3-10)19-14(20)6-13(18-19)15(21)17-9-11-7-16-8-11/h2-6,11,16,18H,7-9H2,1H3,(H,17,21). The van der Waals surface area contributed by atoms with Gasteiger partial charge in [-0.15, -0.1) is 0 Å². The van der Waals surface area contributed by atoms with E-state index in [1.54, 1.807) is 0 Å². The summed E-state index contributed by atoms with van der Waals surface area (Å²) in [6, 6.07) is 8.86. The van der Waals surface area contributed by atoms with Gasteiger partial charge >= 0.3 is 0 Å². The molecule has 1 saturated heterocycles. The third-order valence-electron chi connectivity index (χ3n) is 3.67. The summed E-state index contributed by atoms with van der Waals surface area (Å²) in [5, 5.41) is 8.84. The summed E-state index contributed by atoms with van der Waals surface area (Å²) in [5.74, 6) is 0.240. The monoisotopic (exact) mass is 286 g/mol. The molecule has 1 aliphatic rings. The highest BCUT2D eigenvalue weighted by Gasteiger charge is 2.18. The normalized spacial score (nSPS) is 14.7. The van der Waals surface area contributed by atoms with E-state index in [0.717, 1.165) is 18.7 Å². The Morgan fingerprint density at radius 3 is 2.67 bits per heavy atom. The van der Waals surface area contributed by atoms with E-state index >= 15 is 0 Å². The third kappa shape index (κ3) is 2.90. The van der Waals surface area contributed by atoms with E-state index < -0.39 is 0 Å². The molecule has 0 bridgehead atoms. The molecule has 3 N–H and O–H groups in total. The number of nitrogens with zero attached hydrogens (tertiary/aromatic N) is 1. The molecule has 0 spiro atoms. The van der Waals surface area contributed by atoms with Gasteiger partial charge in [-0.3, -0.25) is 14.7 Å². The first-order valence-electron chi connectivity index (χ1n) is 7.01. The van der Waals surface area contributed by atoms with Crippen LogP contribution in [0.5, 0.6) is 0 Å². The van der Waals surface area contributed by atoms with Crippen LogP contribution in [0.2, 0.25) is 0 Å². The number of benzene rings is 1. The molecule has 3 rings (SSSR count). The van der Waals surface area contributed by atoms with Crippen molar-refractivity contribution in [3.63, 3.8) is 0 Å². The van der Waals surface area contributed by atoms with Gasteiger partial charge in [0, 0.05) is 31.6 Å². The minimum absolute atomic E-state index is 0.241. The predicted molar refractivity (Wildman–Crippen MR) is 79.8 cm³/mol. The molecule has 1 aromatic heterocycles. The molecule has 1 amide bonds. The number of amides is 1. The molecule has 1 fully saturated rings. The molecule has 0 atom stereocenters. The lowest BCUT2D eigenvalue weighted by Gasteiger charge is -2.26. The molecule has 0 unspecified atom stereocenters. The first-order chi connectivity index (χ1) is 10.1. The molecule has 2 heterocycles. The summed E-state index contributed by atoms with van der Waals surface area (Å²) in [5.41, 5.74) is 1.88. The lowest BCUT2D eigenvalue weighted by molar-refractivity contribution is 0.0937. The second-order valence-corrected chi connectivity index (χ2v) is 5.41. The predicted octanol–water partition coefficient (Wildman–Crippen LogP) is 0.423. The van der Waals surface area contributed by atoms with Crippen molar-refractivity contribution in [1.29, 1.82) is 0 Å². The minimum atomic E-state index is -0.245. The average Bonchev–Trinajstić information content (AvgIpc) is 2.80. The van der Waals surface area contributed by atoms with Gasteiger partial charge in [0.1, 0.15) is 5.69 Å². The zero-order valence-corrected chi connectivity index (χ0v) is 11.8. The first-order valence-corrected chi connectivity index (χ1v) is 7.01. The van der Waals surface area contributed by atoms with Gasteiger partial charge in [-0.25, -0.2) is 4.68 Å². The number of hydrogen-bond acceptors (Lipinski definition) is 3. The van der Waals surface area contributed by atoms with Gasteiger partial charge < -0.3 is 10.6 Å². The number of aromatic amines is 1. The van der Waals surface area contributed by atoms with Gasteiger partial charge in [-0.1, -0.05) is 17.7 Å². The van der Waals surface area contributed by atoms with Crippen molar-refractivity contribution < 1.29 is 4.79 Å². The number of aryl methyl sites for hydroxylation is 1. The number of hydrogen-bond donors (Lipinski definition) is 3. The van der Waals surface area contributed by atoms with Gasteiger partial charge in [-0.2, -0.15) is 0 Å². The number of carbonyl (C=O) groups excluding carboxylic acids is 1. The van der Waals surface area contributed by atoms with E-state index in [9.17, 15) is 9.59 Å². The largest absolute Gasteiger partial charge is 0.350 e. The van der Waals surface area contributed by atoms with Gasteiger partial charge in [0.05, 0.1) is 5.69 Å². The van der Waals surface area contributed by atoms with Crippen molar-refractivity contribution in [1.82, 2.24) is 20.4 Å². The van der Waals surface area contributed by atoms with Crippen LogP contribution in [0.1, 0.15) is 16.1 Å². The van der Waals surface area contributed by atoms with E-state index in [-0.39, 0.29) is 17.2 Å². The van der Waals surface area contributed by atoms with Crippen LogP contribution in [0.25, 0.3) is 5.69 Å². The van der Waals surface area contributed by atoms with Crippen molar-refractivity contribution in [2.75, 3.05) is 19.6 Å². The number of H-pyrrole nitrogens is 1. The van der Waals surface area contributed by atoms with Crippen LogP contribution in [0, 0.1) is 12.8 Å². The van der Waals surface area contributed by atoms with Crippen LogP contribution in [0.4, 0.5) is 0 Å². The van der Waals surface area contributed by atoms with Crippen molar-refractivity contribution in [3.8, 4) is 5.69 Å². The van der Waals surface area contributed by atoms with Crippen molar-refractivity contribution in [2.24, 2.45) is 5.92 Å². The van der Waals surface area contributed by atoms with Crippen molar-refractivity contribution in [3.05, 3.63) is 51.9 Å². The lowest BCUT2D eigenvalue weighted by Crippen LogP contribution is -2.48. The SMILES string of the molecule is Cc1ccc(-n2[nH]c(C(=O)NCC3CNC3)cc2=O)cc1. The molecule has 0 radical (unpaired) electrons. The Labute approximate surface area is 122 Å². The average molecular weight is 286 g/mol. The summed E-state index contributed by atoms with van der Waals surface area (Å²) >= 11 is 0. The maximum absolute atomic E-state index is 12.0. The second-order valence-electron chi connectivity index (χ2n) is 5.41. The quantitative estimate of drug-likeness (QED) is 0.762. The zero-order chi connectivity index (χ0) is 14.8. The maximum Gasteiger partial charge on any atom is 0.271 e. The van der Waals surface area contributed by atoms with Crippen LogP contribution in [-0.2, 0) is 0 Å². The molecular weight excluding hydrogens is 268 g/mol. The summed E-state index contributed by atoms with van der Waals surface area (Å²) in [6.45, 7) is 4.47. The molecule has 1 aliphatic heterocycles. The van der Waals surface area contributed by atoms with E-state index in [2.05, 4.69) is 15.7 Å². The molecule has 21 heavy (non-hydrogen) atoms. The smallest absolute Gasteiger partial charge is 0.271 e. The van der Waals surface area contributed by atoms with Gasteiger partial charge in [-0.05, 0) is 19.1 Å². The summed E-state index contributed by atoms with van der Waals surface area (Å²) in [6.07, 6.45) is 0.